The molecule has 1 saturated heterocycles. The molecule has 24 heavy (non-hydrogen) atoms. The van der Waals surface area contributed by atoms with Gasteiger partial charge < -0.3 is 13.9 Å². The van der Waals surface area contributed by atoms with Gasteiger partial charge in [0.05, 0.1) is 12.2 Å². The van der Waals surface area contributed by atoms with Gasteiger partial charge in [0.15, 0.2) is 8.32 Å². The average molecular weight is 357 g/mol. The third-order valence-electron chi connectivity index (χ3n) is 6.69. The first-order valence-corrected chi connectivity index (χ1v) is 12.1. The number of carbonyl (C=O) groups is 1. The summed E-state index contributed by atoms with van der Waals surface area (Å²) in [4.78, 5) is 11.1. The molecular formula is C19H36O4Si. The Morgan fingerprint density at radius 3 is 2.25 bits per heavy atom. The van der Waals surface area contributed by atoms with E-state index < -0.39 is 8.32 Å². The molecule has 0 aromatic heterocycles. The molecule has 5 heteroatoms. The Labute approximate surface area is 148 Å². The lowest BCUT2D eigenvalue weighted by Crippen LogP contribution is -2.52. The van der Waals surface area contributed by atoms with E-state index in [0.717, 1.165) is 19.3 Å². The number of ether oxygens (including phenoxy) is 2. The molecule has 0 amide bonds. The van der Waals surface area contributed by atoms with Gasteiger partial charge in [-0.1, -0.05) is 34.6 Å². The lowest BCUT2D eigenvalue weighted by atomic mass is 9.62. The Morgan fingerprint density at radius 1 is 1.21 bits per heavy atom. The number of hydrogen-bond donors (Lipinski definition) is 0. The summed E-state index contributed by atoms with van der Waals surface area (Å²) in [6, 6.07) is 0. The lowest BCUT2D eigenvalue weighted by Gasteiger charge is -2.46. The quantitative estimate of drug-likeness (QED) is 0.408. The molecule has 2 aliphatic rings. The summed E-state index contributed by atoms with van der Waals surface area (Å²) >= 11 is 0. The summed E-state index contributed by atoms with van der Waals surface area (Å²) in [6.07, 6.45) is 2.94. The van der Waals surface area contributed by atoms with E-state index in [1.165, 1.54) is 6.92 Å². The third kappa shape index (κ3) is 3.32. The summed E-state index contributed by atoms with van der Waals surface area (Å²) in [6.45, 7) is 20.1. The van der Waals surface area contributed by atoms with Crippen molar-refractivity contribution in [2.75, 3.05) is 6.61 Å². The van der Waals surface area contributed by atoms with Crippen LogP contribution in [0.15, 0.2) is 0 Å². The van der Waals surface area contributed by atoms with Crippen molar-refractivity contribution in [3.8, 4) is 0 Å². The molecule has 3 atom stereocenters. The van der Waals surface area contributed by atoms with Crippen LogP contribution in [0.5, 0.6) is 0 Å². The highest BCUT2D eigenvalue weighted by molar-refractivity contribution is 6.74. The number of esters is 1. The smallest absolute Gasteiger partial charge is 0.302 e. The third-order valence-corrected chi connectivity index (χ3v) is 11.2. The molecule has 0 aromatic carbocycles. The van der Waals surface area contributed by atoms with E-state index in [1.807, 2.05) is 0 Å². The predicted octanol–water partition coefficient (Wildman–Crippen LogP) is 4.68. The van der Waals surface area contributed by atoms with Gasteiger partial charge in [0.25, 0.3) is 0 Å². The first kappa shape index (κ1) is 19.9. The van der Waals surface area contributed by atoms with Gasteiger partial charge in [-0.2, -0.15) is 0 Å². The fourth-order valence-corrected chi connectivity index (χ4v) is 5.68. The number of epoxide rings is 1. The minimum atomic E-state index is -1.79. The molecule has 1 saturated carbocycles. The van der Waals surface area contributed by atoms with E-state index in [9.17, 15) is 4.79 Å². The Kier molecular flexibility index (Phi) is 4.83. The molecule has 1 aliphatic heterocycles. The van der Waals surface area contributed by atoms with Gasteiger partial charge in [0, 0.05) is 25.9 Å². The molecule has 140 valence electrons. The maximum Gasteiger partial charge on any atom is 0.302 e. The zero-order valence-electron chi connectivity index (χ0n) is 17.0. The minimum absolute atomic E-state index is 0.00712. The van der Waals surface area contributed by atoms with E-state index >= 15 is 0 Å². The second-order valence-electron chi connectivity index (χ2n) is 10.0. The molecular weight excluding hydrogens is 320 g/mol. The highest BCUT2D eigenvalue weighted by Crippen LogP contribution is 2.67. The Hall–Kier alpha value is -0.393. The van der Waals surface area contributed by atoms with Crippen molar-refractivity contribution in [2.24, 2.45) is 5.41 Å². The van der Waals surface area contributed by atoms with Crippen LogP contribution in [0.1, 0.15) is 67.7 Å². The zero-order valence-corrected chi connectivity index (χ0v) is 18.0. The van der Waals surface area contributed by atoms with E-state index in [2.05, 4.69) is 54.6 Å². The van der Waals surface area contributed by atoms with Gasteiger partial charge in [-0.25, -0.2) is 0 Å². The summed E-state index contributed by atoms with van der Waals surface area (Å²) in [5.41, 5.74) is -0.349. The molecule has 4 nitrogen and oxygen atoms in total. The Balaban J connectivity index is 2.09. The lowest BCUT2D eigenvalue weighted by molar-refractivity contribution is -0.141. The zero-order chi connectivity index (χ0) is 18.6. The van der Waals surface area contributed by atoms with Crippen molar-refractivity contribution >= 4 is 14.3 Å². The monoisotopic (exact) mass is 356 g/mol. The normalized spacial score (nSPS) is 35.3. The van der Waals surface area contributed by atoms with Gasteiger partial charge in [-0.05, 0) is 36.9 Å². The number of rotatable bonds is 5. The molecule has 0 N–H and O–H groups in total. The number of carbonyl (C=O) groups excluding carboxylic acids is 1. The Bertz CT molecular complexity index is 508. The number of hydrogen-bond acceptors (Lipinski definition) is 4. The molecule has 0 spiro atoms. The van der Waals surface area contributed by atoms with Crippen LogP contribution < -0.4 is 0 Å². The second-order valence-corrected chi connectivity index (χ2v) is 14.8. The van der Waals surface area contributed by atoms with Crippen LogP contribution >= 0.6 is 0 Å². The molecule has 1 aliphatic carbocycles. The average Bonchev–Trinajstić information content (AvgIpc) is 2.92. The van der Waals surface area contributed by atoms with Gasteiger partial charge in [0.1, 0.15) is 5.60 Å². The maximum absolute atomic E-state index is 11.1. The van der Waals surface area contributed by atoms with E-state index in [0.29, 0.717) is 6.61 Å². The van der Waals surface area contributed by atoms with E-state index in [-0.39, 0.29) is 33.7 Å². The summed E-state index contributed by atoms with van der Waals surface area (Å²) in [5.74, 6) is -0.221. The molecule has 0 radical (unpaired) electrons. The topological polar surface area (TPSA) is 48.1 Å². The molecule has 0 aromatic rings. The SMILES string of the molecule is CC(=O)OCC[C@]12O[C@@]1(C)C[C@@H](O[Si](C)(C)C(C)(C)C)CC2(C)C. The van der Waals surface area contributed by atoms with Crippen LogP contribution in [-0.2, 0) is 18.7 Å². The summed E-state index contributed by atoms with van der Waals surface area (Å²) < 4.78 is 18.2. The van der Waals surface area contributed by atoms with Crippen molar-refractivity contribution in [2.45, 2.75) is 103 Å². The van der Waals surface area contributed by atoms with Gasteiger partial charge in [0.2, 0.25) is 0 Å². The fourth-order valence-electron chi connectivity index (χ4n) is 4.33. The molecule has 0 bridgehead atoms. The predicted molar refractivity (Wildman–Crippen MR) is 98.6 cm³/mol. The standard InChI is InChI=1S/C19H36O4Si/c1-14(20)21-11-10-19-17(5,6)12-15(13-18(19,7)23-19)22-24(8,9)16(2,3)4/h15H,10-13H2,1-9H3/t15-,18-,19+/m0/s1. The second kappa shape index (κ2) is 5.81. The molecule has 1 heterocycles. The first-order valence-electron chi connectivity index (χ1n) is 9.17. The van der Waals surface area contributed by atoms with Crippen LogP contribution in [0.4, 0.5) is 0 Å². The molecule has 2 rings (SSSR count). The fraction of sp³-hybridized carbons (Fsp3) is 0.947. The molecule has 0 unspecified atom stereocenters. The van der Waals surface area contributed by atoms with Gasteiger partial charge in [-0.3, -0.25) is 4.79 Å². The van der Waals surface area contributed by atoms with Crippen molar-refractivity contribution in [3.63, 3.8) is 0 Å². The van der Waals surface area contributed by atoms with Crippen molar-refractivity contribution < 1.29 is 18.7 Å². The summed E-state index contributed by atoms with van der Waals surface area (Å²) in [5, 5.41) is 0.215. The van der Waals surface area contributed by atoms with Crippen LogP contribution in [0.25, 0.3) is 0 Å². The van der Waals surface area contributed by atoms with Crippen molar-refractivity contribution in [1.82, 2.24) is 0 Å². The highest BCUT2D eigenvalue weighted by Gasteiger charge is 2.75. The van der Waals surface area contributed by atoms with Gasteiger partial charge >= 0.3 is 5.97 Å². The van der Waals surface area contributed by atoms with Crippen LogP contribution in [0.3, 0.4) is 0 Å². The number of fused-ring (bicyclic) bond motifs is 1. The summed E-state index contributed by atoms with van der Waals surface area (Å²) in [7, 11) is -1.79. The first-order chi connectivity index (χ1) is 10.7. The highest BCUT2D eigenvalue weighted by atomic mass is 28.4. The Morgan fingerprint density at radius 2 is 1.79 bits per heavy atom. The van der Waals surface area contributed by atoms with E-state index in [1.54, 1.807) is 0 Å². The van der Waals surface area contributed by atoms with Gasteiger partial charge in [-0.15, -0.1) is 0 Å². The van der Waals surface area contributed by atoms with Crippen LogP contribution in [-0.4, -0.2) is 38.2 Å². The maximum atomic E-state index is 11.1. The van der Waals surface area contributed by atoms with E-state index in [4.69, 9.17) is 13.9 Å². The minimum Gasteiger partial charge on any atom is -0.466 e. The van der Waals surface area contributed by atoms with Crippen LogP contribution in [0, 0.1) is 5.41 Å². The largest absolute Gasteiger partial charge is 0.466 e. The molecule has 2 fully saturated rings. The van der Waals surface area contributed by atoms with Crippen molar-refractivity contribution in [3.05, 3.63) is 0 Å². The van der Waals surface area contributed by atoms with Crippen LogP contribution in [0.2, 0.25) is 18.1 Å². The van der Waals surface area contributed by atoms with Crippen molar-refractivity contribution in [1.29, 1.82) is 0 Å².